The molecule has 1 aliphatic heterocycles. The van der Waals surface area contributed by atoms with E-state index in [1.165, 1.54) is 0 Å². The van der Waals surface area contributed by atoms with E-state index in [4.69, 9.17) is 4.74 Å². The maximum atomic E-state index is 11.8. The fourth-order valence-corrected chi connectivity index (χ4v) is 1.39. The summed E-state index contributed by atoms with van der Waals surface area (Å²) >= 11 is 0. The van der Waals surface area contributed by atoms with Crippen LogP contribution in [0.15, 0.2) is 0 Å². The molecule has 0 spiro atoms. The van der Waals surface area contributed by atoms with Crippen molar-refractivity contribution in [2.75, 3.05) is 13.3 Å². The van der Waals surface area contributed by atoms with Gasteiger partial charge in [0.05, 0.1) is 12.8 Å². The highest BCUT2D eigenvalue weighted by Crippen LogP contribution is 2.21. The van der Waals surface area contributed by atoms with Gasteiger partial charge in [-0.25, -0.2) is 0 Å². The maximum Gasteiger partial charge on any atom is 0.0919 e. The summed E-state index contributed by atoms with van der Waals surface area (Å²) in [6, 6.07) is 0. The minimum absolute atomic E-state index is 0.203. The zero-order valence-corrected chi connectivity index (χ0v) is 6.48. The Kier molecular flexibility index (Phi) is 3.13. The third kappa shape index (κ3) is 2.25. The number of halogens is 1. The van der Waals surface area contributed by atoms with Gasteiger partial charge in [0.15, 0.2) is 0 Å². The van der Waals surface area contributed by atoms with Crippen LogP contribution in [-0.4, -0.2) is 19.4 Å². The number of rotatable bonds is 2. The summed E-state index contributed by atoms with van der Waals surface area (Å²) in [5, 5.41) is 0. The van der Waals surface area contributed by atoms with Gasteiger partial charge >= 0.3 is 0 Å². The average Bonchev–Trinajstić information content (AvgIpc) is 1.88. The van der Waals surface area contributed by atoms with E-state index in [-0.39, 0.29) is 12.8 Å². The van der Waals surface area contributed by atoms with Crippen molar-refractivity contribution in [3.05, 3.63) is 0 Å². The van der Waals surface area contributed by atoms with Crippen LogP contribution in [0.4, 0.5) is 4.39 Å². The first-order valence-electron chi connectivity index (χ1n) is 4.00. The van der Waals surface area contributed by atoms with Crippen LogP contribution in [0.5, 0.6) is 0 Å². The summed E-state index contributed by atoms with van der Waals surface area (Å²) in [6.45, 7) is 2.79. The van der Waals surface area contributed by atoms with Crippen molar-refractivity contribution < 1.29 is 9.13 Å². The minimum atomic E-state index is -0.239. The van der Waals surface area contributed by atoms with E-state index in [9.17, 15) is 4.39 Å². The SMILES string of the molecule is C[C@@H]1CCOC(CCF)C1. The summed E-state index contributed by atoms with van der Waals surface area (Å²) in [6.07, 6.45) is 2.98. The molecular weight excluding hydrogens is 131 g/mol. The van der Waals surface area contributed by atoms with Crippen LogP contribution >= 0.6 is 0 Å². The van der Waals surface area contributed by atoms with Crippen LogP contribution in [0.3, 0.4) is 0 Å². The zero-order valence-electron chi connectivity index (χ0n) is 6.48. The zero-order chi connectivity index (χ0) is 7.40. The average molecular weight is 146 g/mol. The monoisotopic (exact) mass is 146 g/mol. The Morgan fingerprint density at radius 2 is 2.40 bits per heavy atom. The standard InChI is InChI=1S/C8H15FO/c1-7-3-5-10-8(6-7)2-4-9/h7-8H,2-6H2,1H3/t7-,8?/m1/s1. The summed E-state index contributed by atoms with van der Waals surface area (Å²) in [7, 11) is 0. The molecular formula is C8H15FO. The van der Waals surface area contributed by atoms with Crippen molar-refractivity contribution in [1.82, 2.24) is 0 Å². The van der Waals surface area contributed by atoms with Gasteiger partial charge in [-0.2, -0.15) is 0 Å². The molecule has 0 aliphatic carbocycles. The lowest BCUT2D eigenvalue weighted by Gasteiger charge is -2.26. The molecule has 0 aromatic carbocycles. The third-order valence-electron chi connectivity index (χ3n) is 2.06. The van der Waals surface area contributed by atoms with Crippen LogP contribution in [0.1, 0.15) is 26.2 Å². The second-order valence-electron chi connectivity index (χ2n) is 3.10. The van der Waals surface area contributed by atoms with Gasteiger partial charge in [0.25, 0.3) is 0 Å². The van der Waals surface area contributed by atoms with Gasteiger partial charge in [-0.1, -0.05) is 6.92 Å². The van der Waals surface area contributed by atoms with Crippen LogP contribution in [0.25, 0.3) is 0 Å². The quantitative estimate of drug-likeness (QED) is 0.580. The normalized spacial score (nSPS) is 34.2. The van der Waals surface area contributed by atoms with E-state index >= 15 is 0 Å². The molecule has 10 heavy (non-hydrogen) atoms. The van der Waals surface area contributed by atoms with E-state index in [1.54, 1.807) is 0 Å². The van der Waals surface area contributed by atoms with Crippen molar-refractivity contribution in [3.8, 4) is 0 Å². The third-order valence-corrected chi connectivity index (χ3v) is 2.06. The Bertz CT molecular complexity index is 93.3. The fourth-order valence-electron chi connectivity index (χ4n) is 1.39. The molecule has 1 rings (SSSR count). The molecule has 1 saturated heterocycles. The van der Waals surface area contributed by atoms with Gasteiger partial charge < -0.3 is 4.74 Å². The summed E-state index contributed by atoms with van der Waals surface area (Å²) in [5.74, 6) is 0.727. The van der Waals surface area contributed by atoms with E-state index in [1.807, 2.05) is 0 Å². The maximum absolute atomic E-state index is 11.8. The van der Waals surface area contributed by atoms with Gasteiger partial charge in [-0.05, 0) is 18.8 Å². The first-order chi connectivity index (χ1) is 4.83. The van der Waals surface area contributed by atoms with Crippen molar-refractivity contribution in [3.63, 3.8) is 0 Å². The predicted molar refractivity (Wildman–Crippen MR) is 38.7 cm³/mol. The van der Waals surface area contributed by atoms with Crippen molar-refractivity contribution in [2.45, 2.75) is 32.3 Å². The van der Waals surface area contributed by atoms with Crippen LogP contribution in [0.2, 0.25) is 0 Å². The first kappa shape index (κ1) is 7.99. The molecule has 1 heterocycles. The molecule has 0 aromatic heterocycles. The number of hydrogen-bond acceptors (Lipinski definition) is 1. The van der Waals surface area contributed by atoms with E-state index in [2.05, 4.69) is 6.92 Å². The Balaban J connectivity index is 2.18. The van der Waals surface area contributed by atoms with Crippen molar-refractivity contribution in [2.24, 2.45) is 5.92 Å². The van der Waals surface area contributed by atoms with E-state index in [0.29, 0.717) is 6.42 Å². The molecule has 1 unspecified atom stereocenters. The van der Waals surface area contributed by atoms with Crippen LogP contribution in [0, 0.1) is 5.92 Å². The lowest BCUT2D eigenvalue weighted by molar-refractivity contribution is -0.0122. The lowest BCUT2D eigenvalue weighted by atomic mass is 9.96. The first-order valence-corrected chi connectivity index (χ1v) is 4.00. The lowest BCUT2D eigenvalue weighted by Crippen LogP contribution is -2.24. The highest BCUT2D eigenvalue weighted by Gasteiger charge is 2.18. The Morgan fingerprint density at radius 1 is 1.60 bits per heavy atom. The Hall–Kier alpha value is -0.110. The molecule has 1 nitrogen and oxygen atoms in total. The smallest absolute Gasteiger partial charge is 0.0919 e. The minimum Gasteiger partial charge on any atom is -0.378 e. The molecule has 0 aromatic rings. The topological polar surface area (TPSA) is 9.23 Å². The number of hydrogen-bond donors (Lipinski definition) is 0. The Morgan fingerprint density at radius 3 is 3.00 bits per heavy atom. The molecule has 1 aliphatic rings. The number of alkyl halides is 1. The van der Waals surface area contributed by atoms with E-state index < -0.39 is 0 Å². The molecule has 2 atom stereocenters. The van der Waals surface area contributed by atoms with Gasteiger partial charge in [0.1, 0.15) is 0 Å². The second-order valence-corrected chi connectivity index (χ2v) is 3.10. The largest absolute Gasteiger partial charge is 0.378 e. The van der Waals surface area contributed by atoms with Crippen LogP contribution in [-0.2, 0) is 4.74 Å². The molecule has 60 valence electrons. The Labute approximate surface area is 61.6 Å². The second kappa shape index (κ2) is 3.91. The van der Waals surface area contributed by atoms with Gasteiger partial charge in [0, 0.05) is 13.0 Å². The van der Waals surface area contributed by atoms with Gasteiger partial charge in [0.2, 0.25) is 0 Å². The number of ether oxygens (including phenoxy) is 1. The summed E-state index contributed by atoms with van der Waals surface area (Å²) in [5.41, 5.74) is 0. The molecule has 1 fully saturated rings. The summed E-state index contributed by atoms with van der Waals surface area (Å²) < 4.78 is 17.2. The summed E-state index contributed by atoms with van der Waals surface area (Å²) in [4.78, 5) is 0. The van der Waals surface area contributed by atoms with Gasteiger partial charge in [-0.15, -0.1) is 0 Å². The van der Waals surface area contributed by atoms with Crippen LogP contribution < -0.4 is 0 Å². The van der Waals surface area contributed by atoms with Crippen molar-refractivity contribution in [1.29, 1.82) is 0 Å². The molecule has 0 N–H and O–H groups in total. The molecule has 2 heteroatoms. The van der Waals surface area contributed by atoms with E-state index in [0.717, 1.165) is 25.4 Å². The predicted octanol–water partition coefficient (Wildman–Crippen LogP) is 2.16. The van der Waals surface area contributed by atoms with Crippen molar-refractivity contribution >= 4 is 0 Å². The fraction of sp³-hybridized carbons (Fsp3) is 1.00. The molecule has 0 saturated carbocycles. The van der Waals surface area contributed by atoms with Gasteiger partial charge in [-0.3, -0.25) is 4.39 Å². The molecule has 0 bridgehead atoms. The highest BCUT2D eigenvalue weighted by molar-refractivity contribution is 4.67. The molecule has 0 radical (unpaired) electrons. The molecule has 0 amide bonds. The highest BCUT2D eigenvalue weighted by atomic mass is 19.1.